The fraction of sp³-hybridized carbons (Fsp3) is 0.559. The molecule has 44 heavy (non-hydrogen) atoms. The SMILES string of the molecule is C.C.CC(C)(C)OC(=O)N1CCNCC1.COC(=O)Cc1ccc(Br)cc1.COC(=O)Cc1ccc(N2CCCCC2)cc1. The molecule has 4 rings (SSSR count). The van der Waals surface area contributed by atoms with Gasteiger partial charge < -0.3 is 29.3 Å². The number of carbonyl (C=O) groups is 3. The van der Waals surface area contributed by atoms with E-state index in [4.69, 9.17) is 4.74 Å². The van der Waals surface area contributed by atoms with E-state index in [1.54, 1.807) is 4.90 Å². The normalized spacial score (nSPS) is 14.1. The lowest BCUT2D eigenvalue weighted by Gasteiger charge is -2.30. The van der Waals surface area contributed by atoms with Gasteiger partial charge in [0.15, 0.2) is 0 Å². The van der Waals surface area contributed by atoms with Crippen molar-refractivity contribution < 1.29 is 28.6 Å². The number of piperazine rings is 1. The van der Waals surface area contributed by atoms with Crippen molar-refractivity contribution in [2.75, 3.05) is 58.4 Å². The number of amides is 1. The molecular formula is C34H54BrN3O6. The number of ether oxygens (including phenoxy) is 3. The van der Waals surface area contributed by atoms with Crippen LogP contribution in [-0.2, 0) is 36.6 Å². The average Bonchev–Trinajstić information content (AvgIpc) is 2.99. The van der Waals surface area contributed by atoms with Gasteiger partial charge in [0.05, 0.1) is 27.1 Å². The lowest BCUT2D eigenvalue weighted by molar-refractivity contribution is -0.140. The van der Waals surface area contributed by atoms with Gasteiger partial charge in [-0.1, -0.05) is 55.0 Å². The molecule has 0 unspecified atom stereocenters. The molecule has 2 saturated heterocycles. The van der Waals surface area contributed by atoms with E-state index in [0.717, 1.165) is 54.9 Å². The third kappa shape index (κ3) is 16.7. The summed E-state index contributed by atoms with van der Waals surface area (Å²) in [5.74, 6) is -0.395. The van der Waals surface area contributed by atoms with E-state index in [1.807, 2.05) is 57.2 Å². The molecule has 1 amide bonds. The summed E-state index contributed by atoms with van der Waals surface area (Å²) in [6.07, 6.45) is 4.40. The molecule has 2 fully saturated rings. The number of carbonyl (C=O) groups excluding carboxylic acids is 3. The Morgan fingerprint density at radius 3 is 1.64 bits per heavy atom. The molecule has 0 aromatic heterocycles. The van der Waals surface area contributed by atoms with Crippen molar-refractivity contribution >= 4 is 39.6 Å². The van der Waals surface area contributed by atoms with Crippen molar-refractivity contribution in [3.63, 3.8) is 0 Å². The minimum atomic E-state index is -0.387. The van der Waals surface area contributed by atoms with Crippen molar-refractivity contribution in [1.82, 2.24) is 10.2 Å². The summed E-state index contributed by atoms with van der Waals surface area (Å²) < 4.78 is 15.4. The van der Waals surface area contributed by atoms with E-state index >= 15 is 0 Å². The van der Waals surface area contributed by atoms with Gasteiger partial charge in [-0.2, -0.15) is 0 Å². The van der Waals surface area contributed by atoms with Gasteiger partial charge in [0.1, 0.15) is 5.60 Å². The zero-order chi connectivity index (χ0) is 31.0. The van der Waals surface area contributed by atoms with Gasteiger partial charge in [-0.15, -0.1) is 0 Å². The number of halogens is 1. The maximum Gasteiger partial charge on any atom is 0.410 e. The fourth-order valence-electron chi connectivity index (χ4n) is 4.23. The largest absolute Gasteiger partial charge is 0.469 e. The van der Waals surface area contributed by atoms with Gasteiger partial charge in [-0.25, -0.2) is 4.79 Å². The number of esters is 2. The number of methoxy groups -OCH3 is 2. The van der Waals surface area contributed by atoms with Gasteiger partial charge in [-0.3, -0.25) is 9.59 Å². The van der Waals surface area contributed by atoms with Crippen LogP contribution in [0.15, 0.2) is 53.0 Å². The molecule has 9 nitrogen and oxygen atoms in total. The Morgan fingerprint density at radius 2 is 1.20 bits per heavy atom. The van der Waals surface area contributed by atoms with Crippen LogP contribution in [0.25, 0.3) is 0 Å². The summed E-state index contributed by atoms with van der Waals surface area (Å²) in [7, 11) is 2.81. The van der Waals surface area contributed by atoms with Gasteiger partial charge in [0.25, 0.3) is 0 Å². The molecule has 2 aromatic rings. The summed E-state index contributed by atoms with van der Waals surface area (Å²) in [5.41, 5.74) is 2.85. The van der Waals surface area contributed by atoms with Gasteiger partial charge in [-0.05, 0) is 75.4 Å². The highest BCUT2D eigenvalue weighted by atomic mass is 79.9. The first-order valence-electron chi connectivity index (χ1n) is 14.4. The number of nitrogens with zero attached hydrogens (tertiary/aromatic N) is 2. The summed E-state index contributed by atoms with van der Waals surface area (Å²) >= 11 is 3.31. The molecule has 0 spiro atoms. The van der Waals surface area contributed by atoms with Crippen LogP contribution in [0.1, 0.15) is 66.0 Å². The Morgan fingerprint density at radius 1 is 0.750 bits per heavy atom. The average molecular weight is 681 g/mol. The third-order valence-corrected chi connectivity index (χ3v) is 7.02. The molecule has 0 radical (unpaired) electrons. The van der Waals surface area contributed by atoms with E-state index in [-0.39, 0.29) is 38.5 Å². The van der Waals surface area contributed by atoms with E-state index in [2.05, 4.69) is 47.8 Å². The molecule has 0 bridgehead atoms. The van der Waals surface area contributed by atoms with E-state index in [0.29, 0.717) is 12.8 Å². The second kappa shape index (κ2) is 21.6. The predicted octanol–water partition coefficient (Wildman–Crippen LogP) is 6.66. The predicted molar refractivity (Wildman–Crippen MR) is 182 cm³/mol. The molecule has 0 aliphatic carbocycles. The van der Waals surface area contributed by atoms with Crippen LogP contribution in [0.3, 0.4) is 0 Å². The highest BCUT2D eigenvalue weighted by molar-refractivity contribution is 9.10. The molecule has 2 aliphatic rings. The fourth-order valence-corrected chi connectivity index (χ4v) is 4.49. The Balaban J connectivity index is 0.000000628. The summed E-state index contributed by atoms with van der Waals surface area (Å²) in [6.45, 7) is 11.2. The standard InChI is InChI=1S/C14H19NO2.C9H9BrO2.C9H18N2O2.2CH4/c1-17-14(16)11-12-5-7-13(8-6-12)15-9-3-2-4-10-15;1-12-9(11)6-7-2-4-8(10)5-3-7;1-9(2,3)13-8(12)11-6-4-10-5-7-11;;/h5-8H,2-4,9-11H2,1H3;2-5H,6H2,1H3;10H,4-7H2,1-3H3;2*1H4. The number of rotatable bonds is 5. The third-order valence-electron chi connectivity index (χ3n) is 6.49. The Hall–Kier alpha value is -3.11. The number of hydrogen-bond donors (Lipinski definition) is 1. The van der Waals surface area contributed by atoms with E-state index in [9.17, 15) is 14.4 Å². The second-order valence-electron chi connectivity index (χ2n) is 11.1. The maximum absolute atomic E-state index is 11.5. The lowest BCUT2D eigenvalue weighted by Crippen LogP contribution is -2.48. The number of anilines is 1. The van der Waals surface area contributed by atoms with Crippen LogP contribution < -0.4 is 10.2 Å². The summed E-state index contributed by atoms with van der Waals surface area (Å²) in [4.78, 5) is 37.6. The number of piperidine rings is 1. The molecule has 2 heterocycles. The van der Waals surface area contributed by atoms with Crippen molar-refractivity contribution in [1.29, 1.82) is 0 Å². The molecule has 1 N–H and O–H groups in total. The van der Waals surface area contributed by atoms with Crippen LogP contribution in [0.2, 0.25) is 0 Å². The first-order valence-corrected chi connectivity index (χ1v) is 15.2. The van der Waals surface area contributed by atoms with Gasteiger partial charge >= 0.3 is 18.0 Å². The van der Waals surface area contributed by atoms with Crippen LogP contribution >= 0.6 is 15.9 Å². The number of hydrogen-bond acceptors (Lipinski definition) is 8. The minimum absolute atomic E-state index is 0. The summed E-state index contributed by atoms with van der Waals surface area (Å²) in [5, 5.41) is 3.18. The van der Waals surface area contributed by atoms with Gasteiger partial charge in [0.2, 0.25) is 0 Å². The van der Waals surface area contributed by atoms with E-state index < -0.39 is 0 Å². The monoisotopic (exact) mass is 679 g/mol. The van der Waals surface area contributed by atoms with Crippen LogP contribution in [-0.4, -0.2) is 82.0 Å². The van der Waals surface area contributed by atoms with Crippen LogP contribution in [0, 0.1) is 0 Å². The molecule has 2 aromatic carbocycles. The lowest BCUT2D eigenvalue weighted by atomic mass is 10.1. The topological polar surface area (TPSA) is 97.4 Å². The number of nitrogens with one attached hydrogen (secondary N) is 1. The van der Waals surface area contributed by atoms with Crippen LogP contribution in [0.4, 0.5) is 10.5 Å². The first-order chi connectivity index (χ1) is 20.0. The van der Waals surface area contributed by atoms with E-state index in [1.165, 1.54) is 39.2 Å². The van der Waals surface area contributed by atoms with Crippen molar-refractivity contribution in [2.45, 2.75) is 73.3 Å². The van der Waals surface area contributed by atoms with Crippen molar-refractivity contribution in [3.8, 4) is 0 Å². The Kier molecular flexibility index (Phi) is 20.0. The quantitative estimate of drug-likeness (QED) is 0.277. The minimum Gasteiger partial charge on any atom is -0.469 e. The summed E-state index contributed by atoms with van der Waals surface area (Å²) in [6, 6.07) is 15.8. The first kappa shape index (κ1) is 40.9. The Bertz CT molecular complexity index is 1090. The zero-order valence-corrected chi connectivity index (χ0v) is 27.2. The second-order valence-corrected chi connectivity index (χ2v) is 12.0. The molecule has 0 atom stereocenters. The molecule has 248 valence electrons. The molecular weight excluding hydrogens is 626 g/mol. The highest BCUT2D eigenvalue weighted by Crippen LogP contribution is 2.20. The Labute approximate surface area is 273 Å². The highest BCUT2D eigenvalue weighted by Gasteiger charge is 2.22. The van der Waals surface area contributed by atoms with Crippen molar-refractivity contribution in [3.05, 3.63) is 64.1 Å². The smallest absolute Gasteiger partial charge is 0.410 e. The molecule has 2 aliphatic heterocycles. The maximum atomic E-state index is 11.5. The number of benzene rings is 2. The zero-order valence-electron chi connectivity index (χ0n) is 25.6. The van der Waals surface area contributed by atoms with Gasteiger partial charge in [0, 0.05) is 49.4 Å². The molecule has 10 heteroatoms. The van der Waals surface area contributed by atoms with Crippen molar-refractivity contribution in [2.24, 2.45) is 0 Å². The van der Waals surface area contributed by atoms with Crippen LogP contribution in [0.5, 0.6) is 0 Å². The molecule has 0 saturated carbocycles.